The van der Waals surface area contributed by atoms with Gasteiger partial charge in [0.05, 0.1) is 12.1 Å². The van der Waals surface area contributed by atoms with Crippen LogP contribution in [-0.4, -0.2) is 23.9 Å². The smallest absolute Gasteiger partial charge is 0.115 e. The van der Waals surface area contributed by atoms with Gasteiger partial charge in [0.15, 0.2) is 0 Å². The summed E-state index contributed by atoms with van der Waals surface area (Å²) in [5.74, 6) is 0.318. The van der Waals surface area contributed by atoms with Crippen molar-refractivity contribution in [2.24, 2.45) is 0 Å². The molecule has 0 spiro atoms. The number of nitrogens with one attached hydrogen (secondary N) is 1. The standard InChI is InChI=1S/C16H24ClNO2/c1-4-16(5-2)13-10-12(19)8-7-11(13)9-14(20-6-3)15(16)18-17/h7-8,10,14-15,18-19H,4-6,9H2,1-3H3. The zero-order chi connectivity index (χ0) is 14.8. The van der Waals surface area contributed by atoms with Gasteiger partial charge in [-0.3, -0.25) is 0 Å². The monoisotopic (exact) mass is 297 g/mol. The van der Waals surface area contributed by atoms with Crippen LogP contribution in [0, 0.1) is 0 Å². The highest BCUT2D eigenvalue weighted by Gasteiger charge is 2.46. The van der Waals surface area contributed by atoms with Gasteiger partial charge < -0.3 is 9.84 Å². The van der Waals surface area contributed by atoms with Gasteiger partial charge in [-0.15, -0.1) is 0 Å². The third-order valence-corrected chi connectivity index (χ3v) is 5.01. The van der Waals surface area contributed by atoms with Gasteiger partial charge in [-0.1, -0.05) is 19.9 Å². The Labute approximate surface area is 126 Å². The number of ether oxygens (including phenoxy) is 1. The Morgan fingerprint density at radius 2 is 2.05 bits per heavy atom. The maximum absolute atomic E-state index is 9.86. The summed E-state index contributed by atoms with van der Waals surface area (Å²) < 4.78 is 5.92. The van der Waals surface area contributed by atoms with Gasteiger partial charge in [0, 0.05) is 18.4 Å². The molecule has 1 aromatic carbocycles. The molecule has 2 atom stereocenters. The fraction of sp³-hybridized carbons (Fsp3) is 0.625. The minimum absolute atomic E-state index is 0.0495. The Bertz CT molecular complexity index is 460. The van der Waals surface area contributed by atoms with E-state index in [9.17, 15) is 5.11 Å². The van der Waals surface area contributed by atoms with Crippen molar-refractivity contribution < 1.29 is 9.84 Å². The molecule has 0 bridgehead atoms. The Morgan fingerprint density at radius 3 is 2.60 bits per heavy atom. The van der Waals surface area contributed by atoms with E-state index in [-0.39, 0.29) is 17.6 Å². The molecule has 0 amide bonds. The number of phenolic OH excluding ortho intramolecular Hbond substituents is 1. The summed E-state index contributed by atoms with van der Waals surface area (Å²) in [6.07, 6.45) is 2.80. The minimum Gasteiger partial charge on any atom is -0.508 e. The second-order valence-electron chi connectivity index (χ2n) is 5.49. The highest BCUT2D eigenvalue weighted by Crippen LogP contribution is 2.44. The molecule has 1 aromatic rings. The van der Waals surface area contributed by atoms with Crippen molar-refractivity contribution in [3.8, 4) is 5.75 Å². The molecule has 0 aromatic heterocycles. The summed E-state index contributed by atoms with van der Waals surface area (Å²) in [5, 5.41) is 9.86. The van der Waals surface area contributed by atoms with E-state index in [1.807, 2.05) is 19.1 Å². The van der Waals surface area contributed by atoms with Gasteiger partial charge in [0.1, 0.15) is 5.75 Å². The lowest BCUT2D eigenvalue weighted by Gasteiger charge is -2.47. The van der Waals surface area contributed by atoms with Crippen molar-refractivity contribution in [3.05, 3.63) is 29.3 Å². The molecule has 1 aliphatic rings. The first kappa shape index (κ1) is 15.6. The topological polar surface area (TPSA) is 41.5 Å². The predicted octanol–water partition coefficient (Wildman–Crippen LogP) is 3.52. The molecule has 0 radical (unpaired) electrons. The Balaban J connectivity index is 2.56. The molecular formula is C16H24ClNO2. The van der Waals surface area contributed by atoms with Crippen LogP contribution in [0.5, 0.6) is 5.75 Å². The number of fused-ring (bicyclic) bond motifs is 1. The summed E-state index contributed by atoms with van der Waals surface area (Å²) in [7, 11) is 0. The SMILES string of the molecule is CCOC1Cc2ccc(O)cc2C(CC)(CC)C1NCl. The van der Waals surface area contributed by atoms with E-state index >= 15 is 0 Å². The third-order valence-electron chi connectivity index (χ3n) is 4.78. The molecule has 2 rings (SSSR count). The van der Waals surface area contributed by atoms with Gasteiger partial charge in [0.25, 0.3) is 0 Å². The predicted molar refractivity (Wildman–Crippen MR) is 82.3 cm³/mol. The van der Waals surface area contributed by atoms with Crippen LogP contribution in [0.3, 0.4) is 0 Å². The number of halogens is 1. The molecule has 0 heterocycles. The first-order valence-electron chi connectivity index (χ1n) is 7.43. The van der Waals surface area contributed by atoms with Crippen LogP contribution in [0.25, 0.3) is 0 Å². The van der Waals surface area contributed by atoms with Gasteiger partial charge >= 0.3 is 0 Å². The van der Waals surface area contributed by atoms with Crippen LogP contribution in [-0.2, 0) is 16.6 Å². The van der Waals surface area contributed by atoms with Crippen LogP contribution in [0.1, 0.15) is 44.7 Å². The number of hydrogen-bond acceptors (Lipinski definition) is 3. The number of rotatable bonds is 5. The summed E-state index contributed by atoms with van der Waals surface area (Å²) in [5.41, 5.74) is 2.36. The minimum atomic E-state index is -0.103. The van der Waals surface area contributed by atoms with Gasteiger partial charge in [-0.05, 0) is 54.8 Å². The lowest BCUT2D eigenvalue weighted by molar-refractivity contribution is 0.00656. The second kappa shape index (κ2) is 6.33. The number of phenols is 1. The van der Waals surface area contributed by atoms with Gasteiger partial charge in [0.2, 0.25) is 0 Å². The van der Waals surface area contributed by atoms with Crippen LogP contribution < -0.4 is 4.84 Å². The average Bonchev–Trinajstić information content (AvgIpc) is 2.46. The lowest BCUT2D eigenvalue weighted by atomic mass is 9.63. The quantitative estimate of drug-likeness (QED) is 0.817. The van der Waals surface area contributed by atoms with Crippen molar-refractivity contribution >= 4 is 11.8 Å². The van der Waals surface area contributed by atoms with Gasteiger partial charge in [-0.2, -0.15) is 0 Å². The molecular weight excluding hydrogens is 274 g/mol. The molecule has 0 aliphatic heterocycles. The fourth-order valence-corrected chi connectivity index (χ4v) is 4.03. The first-order valence-corrected chi connectivity index (χ1v) is 7.80. The Morgan fingerprint density at radius 1 is 1.35 bits per heavy atom. The van der Waals surface area contributed by atoms with Crippen LogP contribution in [0.2, 0.25) is 0 Å². The highest BCUT2D eigenvalue weighted by molar-refractivity contribution is 6.13. The van der Waals surface area contributed by atoms with E-state index in [1.54, 1.807) is 6.07 Å². The molecule has 1 aliphatic carbocycles. The lowest BCUT2D eigenvalue weighted by Crippen LogP contribution is -2.56. The highest BCUT2D eigenvalue weighted by atomic mass is 35.5. The molecule has 4 heteroatoms. The molecule has 0 saturated heterocycles. The van der Waals surface area contributed by atoms with Crippen molar-refractivity contribution in [3.63, 3.8) is 0 Å². The molecule has 3 nitrogen and oxygen atoms in total. The fourth-order valence-electron chi connectivity index (χ4n) is 3.68. The summed E-state index contributed by atoms with van der Waals surface area (Å²) in [4.78, 5) is 2.96. The average molecular weight is 298 g/mol. The van der Waals surface area contributed by atoms with Crippen LogP contribution >= 0.6 is 11.8 Å². The van der Waals surface area contributed by atoms with E-state index in [0.29, 0.717) is 12.4 Å². The molecule has 2 unspecified atom stereocenters. The van der Waals surface area contributed by atoms with Crippen molar-refractivity contribution in [2.45, 2.75) is 57.6 Å². The summed E-state index contributed by atoms with van der Waals surface area (Å²) in [6, 6.07) is 5.72. The van der Waals surface area contributed by atoms with Gasteiger partial charge in [-0.25, -0.2) is 4.84 Å². The molecule has 20 heavy (non-hydrogen) atoms. The first-order chi connectivity index (χ1) is 9.62. The number of aromatic hydroxyl groups is 1. The zero-order valence-corrected chi connectivity index (χ0v) is 13.2. The molecule has 0 fully saturated rings. The maximum atomic E-state index is 9.86. The van der Waals surface area contributed by atoms with Crippen LogP contribution in [0.4, 0.5) is 0 Å². The van der Waals surface area contributed by atoms with Crippen LogP contribution in [0.15, 0.2) is 18.2 Å². The summed E-state index contributed by atoms with van der Waals surface area (Å²) in [6.45, 7) is 7.04. The second-order valence-corrected chi connectivity index (χ2v) is 5.71. The normalized spacial score (nSPS) is 24.4. The molecule has 0 saturated carbocycles. The summed E-state index contributed by atoms with van der Waals surface area (Å²) >= 11 is 6.07. The van der Waals surface area contributed by atoms with E-state index in [4.69, 9.17) is 16.5 Å². The molecule has 112 valence electrons. The maximum Gasteiger partial charge on any atom is 0.115 e. The number of benzene rings is 1. The van der Waals surface area contributed by atoms with E-state index < -0.39 is 0 Å². The Hall–Kier alpha value is -0.770. The van der Waals surface area contributed by atoms with Crippen molar-refractivity contribution in [2.75, 3.05) is 6.61 Å². The van der Waals surface area contributed by atoms with E-state index in [2.05, 4.69) is 18.7 Å². The molecule has 2 N–H and O–H groups in total. The largest absolute Gasteiger partial charge is 0.508 e. The number of hydrogen-bond donors (Lipinski definition) is 2. The van der Waals surface area contributed by atoms with E-state index in [0.717, 1.165) is 19.3 Å². The Kier molecular flexibility index (Phi) is 4.95. The van der Waals surface area contributed by atoms with E-state index in [1.165, 1.54) is 11.1 Å². The van der Waals surface area contributed by atoms with Crippen molar-refractivity contribution in [1.82, 2.24) is 4.84 Å². The zero-order valence-electron chi connectivity index (χ0n) is 12.4. The van der Waals surface area contributed by atoms with Crippen molar-refractivity contribution in [1.29, 1.82) is 0 Å². The third kappa shape index (κ3) is 2.43.